The summed E-state index contributed by atoms with van der Waals surface area (Å²) in [7, 11) is -0.973. The lowest BCUT2D eigenvalue weighted by molar-refractivity contribution is 0.102. The van der Waals surface area contributed by atoms with Gasteiger partial charge in [-0.1, -0.05) is 18.2 Å². The maximum Gasteiger partial charge on any atom is 0.264 e. The number of methoxy groups -OCH3 is 1. The highest BCUT2D eigenvalue weighted by atomic mass is 32.2. The third-order valence-electron chi connectivity index (χ3n) is 5.79. The number of nitrogens with one attached hydrogen (secondary N) is 1. The van der Waals surface area contributed by atoms with E-state index in [1.807, 2.05) is 24.3 Å². The minimum Gasteiger partial charge on any atom is -0.495 e. The number of aryl methyl sites for hydroxylation is 1. The predicted molar refractivity (Wildman–Crippen MR) is 138 cm³/mol. The smallest absolute Gasteiger partial charge is 0.264 e. The minimum absolute atomic E-state index is 0.0218. The minimum atomic E-state index is -3.92. The van der Waals surface area contributed by atoms with E-state index in [0.717, 1.165) is 23.1 Å². The number of benzene rings is 3. The Morgan fingerprint density at radius 3 is 2.24 bits per heavy atom. The number of ether oxygens (including phenoxy) is 1. The second-order valence-corrected chi connectivity index (χ2v) is 9.76. The van der Waals surface area contributed by atoms with Gasteiger partial charge in [-0.3, -0.25) is 9.10 Å². The fourth-order valence-corrected chi connectivity index (χ4v) is 4.96. The summed E-state index contributed by atoms with van der Waals surface area (Å²) in [4.78, 5) is 15.3. The molecule has 8 heteroatoms. The third kappa shape index (κ3) is 5.17. The van der Waals surface area contributed by atoms with Crippen molar-refractivity contribution in [3.63, 3.8) is 0 Å². The summed E-state index contributed by atoms with van der Waals surface area (Å²) in [5.41, 5.74) is 3.09. The van der Waals surface area contributed by atoms with E-state index in [-0.39, 0.29) is 10.8 Å². The van der Waals surface area contributed by atoms with Crippen molar-refractivity contribution in [2.45, 2.75) is 25.7 Å². The van der Waals surface area contributed by atoms with Crippen molar-refractivity contribution in [1.29, 1.82) is 0 Å². The molecule has 1 N–H and O–H groups in total. The highest BCUT2D eigenvalue weighted by Gasteiger charge is 2.25. The lowest BCUT2D eigenvalue weighted by Gasteiger charge is -2.22. The van der Waals surface area contributed by atoms with Crippen LogP contribution in [-0.2, 0) is 10.0 Å². The van der Waals surface area contributed by atoms with Crippen molar-refractivity contribution in [2.24, 2.45) is 0 Å². The van der Waals surface area contributed by atoms with Crippen LogP contribution in [-0.4, -0.2) is 41.6 Å². The topological polar surface area (TPSA) is 79.0 Å². The van der Waals surface area contributed by atoms with Gasteiger partial charge in [0, 0.05) is 37.1 Å². The average Bonchev–Trinajstić information content (AvgIpc) is 2.85. The average molecular weight is 482 g/mol. The van der Waals surface area contributed by atoms with E-state index in [2.05, 4.69) is 24.1 Å². The van der Waals surface area contributed by atoms with Gasteiger partial charge in [-0.05, 0) is 74.9 Å². The van der Waals surface area contributed by atoms with Crippen molar-refractivity contribution in [3.8, 4) is 5.75 Å². The van der Waals surface area contributed by atoms with Crippen LogP contribution in [0.1, 0.15) is 29.8 Å². The predicted octanol–water partition coefficient (Wildman–Crippen LogP) is 4.93. The van der Waals surface area contributed by atoms with Gasteiger partial charge in [-0.15, -0.1) is 0 Å². The molecule has 0 spiro atoms. The van der Waals surface area contributed by atoms with Gasteiger partial charge in [0.25, 0.3) is 15.9 Å². The molecule has 1 amide bonds. The molecule has 0 aromatic heterocycles. The molecule has 0 radical (unpaired) electrons. The summed E-state index contributed by atoms with van der Waals surface area (Å²) in [6.45, 7) is 7.75. The number of para-hydroxylation sites is 2. The number of sulfonamides is 1. The number of nitrogens with zero attached hydrogens (tertiary/aromatic N) is 2. The molecule has 0 saturated heterocycles. The zero-order valence-electron chi connectivity index (χ0n) is 20.2. The van der Waals surface area contributed by atoms with Gasteiger partial charge in [0.1, 0.15) is 5.75 Å². The molecular formula is C26H31N3O4S. The number of amides is 1. The van der Waals surface area contributed by atoms with E-state index < -0.39 is 10.0 Å². The molecule has 0 saturated carbocycles. The van der Waals surface area contributed by atoms with E-state index >= 15 is 0 Å². The summed E-state index contributed by atoms with van der Waals surface area (Å²) >= 11 is 0. The molecule has 0 bridgehead atoms. The van der Waals surface area contributed by atoms with Crippen LogP contribution in [0, 0.1) is 6.92 Å². The molecule has 34 heavy (non-hydrogen) atoms. The number of hydrogen-bond acceptors (Lipinski definition) is 5. The molecule has 0 heterocycles. The first-order chi connectivity index (χ1) is 16.2. The largest absolute Gasteiger partial charge is 0.495 e. The molecule has 0 unspecified atom stereocenters. The molecule has 3 aromatic carbocycles. The SMILES string of the molecule is CCN(CC)c1ccc(NC(=O)c2cc(S(=O)(=O)N(C)c3ccccc3OC)ccc2C)cc1. The highest BCUT2D eigenvalue weighted by molar-refractivity contribution is 7.92. The van der Waals surface area contributed by atoms with E-state index in [1.165, 1.54) is 26.3 Å². The summed E-state index contributed by atoms with van der Waals surface area (Å²) < 4.78 is 33.1. The number of anilines is 3. The normalized spacial score (nSPS) is 11.1. The Labute approximate surface area is 202 Å². The van der Waals surface area contributed by atoms with Crippen LogP contribution in [0.25, 0.3) is 0 Å². The zero-order chi connectivity index (χ0) is 24.9. The van der Waals surface area contributed by atoms with Gasteiger partial charge in [-0.25, -0.2) is 8.42 Å². The van der Waals surface area contributed by atoms with Gasteiger partial charge in [-0.2, -0.15) is 0 Å². The lowest BCUT2D eigenvalue weighted by Crippen LogP contribution is -2.27. The number of carbonyl (C=O) groups is 1. The molecular weight excluding hydrogens is 450 g/mol. The Morgan fingerprint density at radius 1 is 0.971 bits per heavy atom. The van der Waals surface area contributed by atoms with E-state index in [1.54, 1.807) is 37.3 Å². The van der Waals surface area contributed by atoms with Crippen LogP contribution in [0.4, 0.5) is 17.1 Å². The maximum absolute atomic E-state index is 13.3. The van der Waals surface area contributed by atoms with Gasteiger partial charge in [0.05, 0.1) is 17.7 Å². The van der Waals surface area contributed by atoms with Gasteiger partial charge in [0.15, 0.2) is 0 Å². The summed E-state index contributed by atoms with van der Waals surface area (Å²) in [5.74, 6) is 0.0666. The Balaban J connectivity index is 1.87. The fraction of sp³-hybridized carbons (Fsp3) is 0.269. The van der Waals surface area contributed by atoms with Crippen molar-refractivity contribution in [1.82, 2.24) is 0 Å². The summed E-state index contributed by atoms with van der Waals surface area (Å²) in [5, 5.41) is 2.87. The lowest BCUT2D eigenvalue weighted by atomic mass is 10.1. The molecule has 0 aliphatic heterocycles. The molecule has 3 aromatic rings. The van der Waals surface area contributed by atoms with Crippen molar-refractivity contribution >= 4 is 33.0 Å². The first-order valence-corrected chi connectivity index (χ1v) is 12.6. The maximum atomic E-state index is 13.3. The van der Waals surface area contributed by atoms with Gasteiger partial charge < -0.3 is 15.0 Å². The highest BCUT2D eigenvalue weighted by Crippen LogP contribution is 2.31. The second-order valence-electron chi connectivity index (χ2n) is 7.79. The quantitative estimate of drug-likeness (QED) is 0.469. The first-order valence-electron chi connectivity index (χ1n) is 11.1. The summed E-state index contributed by atoms with van der Waals surface area (Å²) in [6.07, 6.45) is 0. The van der Waals surface area contributed by atoms with E-state index in [4.69, 9.17) is 4.74 Å². The van der Waals surface area contributed by atoms with Crippen molar-refractivity contribution in [3.05, 3.63) is 77.9 Å². The van der Waals surface area contributed by atoms with Crippen LogP contribution >= 0.6 is 0 Å². The van der Waals surface area contributed by atoms with E-state index in [0.29, 0.717) is 28.3 Å². The fourth-order valence-electron chi connectivity index (χ4n) is 3.73. The molecule has 3 rings (SSSR count). The van der Waals surface area contributed by atoms with Gasteiger partial charge in [0.2, 0.25) is 0 Å². The standard InChI is InChI=1S/C26H31N3O4S/c1-6-29(7-2)21-15-13-20(14-16-21)27-26(30)23-18-22(17-12-19(23)3)34(31,32)28(4)24-10-8-9-11-25(24)33-5/h8-18H,6-7H2,1-5H3,(H,27,30). The van der Waals surface area contributed by atoms with Crippen LogP contribution in [0.5, 0.6) is 5.75 Å². The van der Waals surface area contributed by atoms with Crippen LogP contribution < -0.4 is 19.3 Å². The van der Waals surface area contributed by atoms with Gasteiger partial charge >= 0.3 is 0 Å². The first kappa shape index (κ1) is 25.1. The Kier molecular flexibility index (Phi) is 7.83. The summed E-state index contributed by atoms with van der Waals surface area (Å²) in [6, 6.07) is 19.0. The molecule has 7 nitrogen and oxygen atoms in total. The Bertz CT molecular complexity index is 1250. The number of carbonyl (C=O) groups excluding carboxylic acids is 1. The van der Waals surface area contributed by atoms with Crippen molar-refractivity contribution in [2.75, 3.05) is 41.8 Å². The third-order valence-corrected chi connectivity index (χ3v) is 7.56. The number of rotatable bonds is 9. The van der Waals surface area contributed by atoms with Crippen LogP contribution in [0.15, 0.2) is 71.6 Å². The molecule has 180 valence electrons. The molecule has 0 aliphatic carbocycles. The zero-order valence-corrected chi connectivity index (χ0v) is 21.0. The Hall–Kier alpha value is -3.52. The molecule has 0 atom stereocenters. The van der Waals surface area contributed by atoms with E-state index in [9.17, 15) is 13.2 Å². The van der Waals surface area contributed by atoms with Crippen molar-refractivity contribution < 1.29 is 17.9 Å². The molecule has 0 fully saturated rings. The molecule has 0 aliphatic rings. The number of hydrogen-bond donors (Lipinski definition) is 1. The van der Waals surface area contributed by atoms with Crippen LogP contribution in [0.2, 0.25) is 0 Å². The monoisotopic (exact) mass is 481 g/mol. The van der Waals surface area contributed by atoms with Crippen LogP contribution in [0.3, 0.4) is 0 Å². The second kappa shape index (κ2) is 10.6. The Morgan fingerprint density at radius 2 is 1.62 bits per heavy atom.